The zero-order valence-electron chi connectivity index (χ0n) is 20.5. The molecule has 1 fully saturated rings. The van der Waals surface area contributed by atoms with Gasteiger partial charge in [-0.1, -0.05) is 24.0 Å². The molecule has 1 atom stereocenters. The molecule has 39 heavy (non-hydrogen) atoms. The van der Waals surface area contributed by atoms with Crippen LogP contribution >= 0.6 is 0 Å². The van der Waals surface area contributed by atoms with Crippen molar-refractivity contribution in [2.24, 2.45) is 5.84 Å². The van der Waals surface area contributed by atoms with Gasteiger partial charge >= 0.3 is 5.97 Å². The van der Waals surface area contributed by atoms with Crippen molar-refractivity contribution in [3.8, 4) is 23.1 Å². The molecule has 0 spiro atoms. The van der Waals surface area contributed by atoms with Crippen LogP contribution < -0.4 is 11.3 Å². The molecule has 1 saturated heterocycles. The predicted molar refractivity (Wildman–Crippen MR) is 144 cm³/mol. The molecule has 4 N–H and O–H groups in total. The van der Waals surface area contributed by atoms with Gasteiger partial charge in [0.15, 0.2) is 0 Å². The molecule has 2 aromatic heterocycles. The summed E-state index contributed by atoms with van der Waals surface area (Å²) in [5, 5.41) is 9.92. The fraction of sp³-hybridized carbons (Fsp3) is 0.143. The van der Waals surface area contributed by atoms with Gasteiger partial charge in [0.25, 0.3) is 5.91 Å². The Morgan fingerprint density at radius 3 is 2.33 bits per heavy atom. The lowest BCUT2D eigenvalue weighted by Gasteiger charge is -2.20. The van der Waals surface area contributed by atoms with E-state index in [1.807, 2.05) is 24.3 Å². The fourth-order valence-electron chi connectivity index (χ4n) is 4.47. The molecule has 1 aliphatic heterocycles. The number of pyridine rings is 2. The maximum absolute atomic E-state index is 12.9. The van der Waals surface area contributed by atoms with E-state index in [2.05, 4.69) is 27.2 Å². The number of nitrogen functional groups attached to an aromatic ring is 1. The van der Waals surface area contributed by atoms with Crippen molar-refractivity contribution in [1.29, 1.82) is 0 Å². The maximum atomic E-state index is 12.9. The van der Waals surface area contributed by atoms with Crippen LogP contribution in [0.4, 0.5) is 0 Å². The van der Waals surface area contributed by atoms with Gasteiger partial charge in [-0.3, -0.25) is 20.0 Å². The first-order valence-corrected chi connectivity index (χ1v) is 13.4. The number of benzene rings is 2. The average Bonchev–Trinajstić information content (AvgIpc) is 3.47. The van der Waals surface area contributed by atoms with Crippen molar-refractivity contribution in [2.45, 2.75) is 23.8 Å². The lowest BCUT2D eigenvalue weighted by atomic mass is 10.0. The van der Waals surface area contributed by atoms with E-state index in [4.69, 9.17) is 5.84 Å². The monoisotopic (exact) mass is 541 g/mol. The Hall–Kier alpha value is -4.63. The van der Waals surface area contributed by atoms with Crippen molar-refractivity contribution < 1.29 is 23.1 Å². The number of rotatable bonds is 5. The van der Waals surface area contributed by atoms with Crippen molar-refractivity contribution >= 4 is 32.8 Å². The van der Waals surface area contributed by atoms with Crippen molar-refractivity contribution in [1.82, 2.24) is 19.7 Å². The second kappa shape index (κ2) is 10.6. The number of nitrogens with zero attached hydrogens (tertiary/aromatic N) is 3. The first kappa shape index (κ1) is 26.0. The van der Waals surface area contributed by atoms with Gasteiger partial charge in [0, 0.05) is 41.0 Å². The molecule has 0 unspecified atom stereocenters. The Morgan fingerprint density at radius 2 is 1.69 bits per heavy atom. The molecule has 11 heteroatoms. The number of nitrogens with two attached hydrogens (primary N) is 1. The zero-order valence-corrected chi connectivity index (χ0v) is 21.4. The number of carboxylic acid groups (broad SMARTS) is 1. The van der Waals surface area contributed by atoms with E-state index in [9.17, 15) is 23.1 Å². The molecule has 0 radical (unpaired) electrons. The largest absolute Gasteiger partial charge is 0.480 e. The highest BCUT2D eigenvalue weighted by molar-refractivity contribution is 7.89. The lowest BCUT2D eigenvalue weighted by molar-refractivity contribution is -0.140. The normalized spacial score (nSPS) is 15.5. The highest BCUT2D eigenvalue weighted by Gasteiger charge is 2.39. The van der Waals surface area contributed by atoms with E-state index >= 15 is 0 Å². The van der Waals surface area contributed by atoms with Crippen LogP contribution in [0.25, 0.3) is 22.2 Å². The third kappa shape index (κ3) is 5.21. The molecule has 0 bridgehead atoms. The van der Waals surface area contributed by atoms with E-state index in [0.29, 0.717) is 40.6 Å². The summed E-state index contributed by atoms with van der Waals surface area (Å²) in [6, 6.07) is 15.7. The SMILES string of the molecule is NNC(=O)c1cc(-c2ccc(C#Cc3ccc(S(=O)(=O)N4CCC[C@H]4C(=O)O)cc3)cc2)nc2ccncc12. The summed E-state index contributed by atoms with van der Waals surface area (Å²) in [4.78, 5) is 32.5. The van der Waals surface area contributed by atoms with Gasteiger partial charge in [-0.15, -0.1) is 0 Å². The first-order chi connectivity index (χ1) is 18.8. The Balaban J connectivity index is 1.35. The summed E-state index contributed by atoms with van der Waals surface area (Å²) in [6.07, 6.45) is 3.98. The number of hydrogen-bond acceptors (Lipinski definition) is 7. The number of sulfonamides is 1. The summed E-state index contributed by atoms with van der Waals surface area (Å²) in [7, 11) is -3.91. The molecule has 1 amide bonds. The molecule has 0 aliphatic carbocycles. The predicted octanol–water partition coefficient (Wildman–Crippen LogP) is 2.54. The number of aliphatic carboxylic acids is 1. The van der Waals surface area contributed by atoms with Gasteiger partial charge in [0.1, 0.15) is 6.04 Å². The van der Waals surface area contributed by atoms with Crippen molar-refractivity contribution in [3.63, 3.8) is 0 Å². The topological polar surface area (TPSA) is 156 Å². The Kier molecular flexibility index (Phi) is 7.08. The fourth-order valence-corrected chi connectivity index (χ4v) is 6.12. The minimum Gasteiger partial charge on any atom is -0.480 e. The van der Waals surface area contributed by atoms with Crippen LogP contribution in [-0.4, -0.2) is 52.3 Å². The van der Waals surface area contributed by atoms with E-state index in [0.717, 1.165) is 15.4 Å². The second-order valence-electron chi connectivity index (χ2n) is 8.89. The highest BCUT2D eigenvalue weighted by atomic mass is 32.2. The number of hydrogen-bond donors (Lipinski definition) is 3. The van der Waals surface area contributed by atoms with Crippen LogP contribution in [-0.2, 0) is 14.8 Å². The van der Waals surface area contributed by atoms with Crippen LogP contribution in [0.1, 0.15) is 34.3 Å². The standard InChI is InChI=1S/C28H23N5O5S/c29-32-27(34)22-16-25(31-24-13-14-30-17-23(22)24)20-9-5-18(6-10-20)3-4-19-7-11-21(12-8-19)39(37,38)33-15-1-2-26(33)28(35)36/h5-14,16-17,26H,1-2,15,29H2,(H,32,34)(H,35,36)/t26-/m0/s1. The molecule has 1 aliphatic rings. The Bertz CT molecular complexity index is 1740. The summed E-state index contributed by atoms with van der Waals surface area (Å²) < 4.78 is 26.9. The summed E-state index contributed by atoms with van der Waals surface area (Å²) in [5.74, 6) is 9.82. The van der Waals surface area contributed by atoms with E-state index in [1.54, 1.807) is 36.7 Å². The molecule has 2 aromatic carbocycles. The molecule has 10 nitrogen and oxygen atoms in total. The molecule has 3 heterocycles. The molecular weight excluding hydrogens is 518 g/mol. The number of carbonyl (C=O) groups is 2. The number of nitrogens with one attached hydrogen (secondary N) is 1. The van der Waals surface area contributed by atoms with Gasteiger partial charge in [0.2, 0.25) is 10.0 Å². The van der Waals surface area contributed by atoms with Crippen molar-refractivity contribution in [2.75, 3.05) is 6.54 Å². The molecule has 0 saturated carbocycles. The number of fused-ring (bicyclic) bond motifs is 1. The second-order valence-corrected chi connectivity index (χ2v) is 10.8. The summed E-state index contributed by atoms with van der Waals surface area (Å²) >= 11 is 0. The molecule has 4 aromatic rings. The third-order valence-corrected chi connectivity index (χ3v) is 8.39. The number of carbonyl (C=O) groups excluding carboxylic acids is 1. The summed E-state index contributed by atoms with van der Waals surface area (Å²) in [5.41, 5.74) is 5.83. The van der Waals surface area contributed by atoms with Gasteiger partial charge in [-0.2, -0.15) is 4.31 Å². The van der Waals surface area contributed by atoms with Crippen LogP contribution in [0.15, 0.2) is 78.0 Å². The third-order valence-electron chi connectivity index (χ3n) is 6.47. The quantitative estimate of drug-likeness (QED) is 0.151. The average molecular weight is 542 g/mol. The van der Waals surface area contributed by atoms with Gasteiger partial charge in [0.05, 0.1) is 21.7 Å². The number of aromatic nitrogens is 2. The van der Waals surface area contributed by atoms with Gasteiger partial charge in [-0.25, -0.2) is 19.2 Å². The molecular formula is C28H23N5O5S. The van der Waals surface area contributed by atoms with Crippen LogP contribution in [0.5, 0.6) is 0 Å². The lowest BCUT2D eigenvalue weighted by Crippen LogP contribution is -2.40. The van der Waals surface area contributed by atoms with Crippen molar-refractivity contribution in [3.05, 3.63) is 89.7 Å². The van der Waals surface area contributed by atoms with E-state index in [1.165, 1.54) is 12.1 Å². The van der Waals surface area contributed by atoms with Crippen LogP contribution in [0.2, 0.25) is 0 Å². The zero-order chi connectivity index (χ0) is 27.6. The minimum absolute atomic E-state index is 0.0342. The van der Waals surface area contributed by atoms with Gasteiger partial charge < -0.3 is 5.11 Å². The Morgan fingerprint density at radius 1 is 1.03 bits per heavy atom. The van der Waals surface area contributed by atoms with E-state index < -0.39 is 27.9 Å². The number of amides is 1. The summed E-state index contributed by atoms with van der Waals surface area (Å²) in [6.45, 7) is 0.185. The van der Waals surface area contributed by atoms with Crippen LogP contribution in [0.3, 0.4) is 0 Å². The van der Waals surface area contributed by atoms with Crippen LogP contribution in [0, 0.1) is 11.8 Å². The number of hydrazine groups is 1. The minimum atomic E-state index is -3.91. The Labute approximate surface area is 224 Å². The first-order valence-electron chi connectivity index (χ1n) is 12.0. The highest BCUT2D eigenvalue weighted by Crippen LogP contribution is 2.27. The molecule has 196 valence electrons. The maximum Gasteiger partial charge on any atom is 0.322 e. The molecule has 5 rings (SSSR count). The van der Waals surface area contributed by atoms with E-state index in [-0.39, 0.29) is 11.4 Å². The number of carboxylic acids is 1. The smallest absolute Gasteiger partial charge is 0.322 e. The van der Waals surface area contributed by atoms with Gasteiger partial charge in [-0.05, 0) is 61.4 Å².